The highest BCUT2D eigenvalue weighted by Gasteiger charge is 2.40. The maximum atomic E-state index is 12.6. The van der Waals surface area contributed by atoms with Crippen LogP contribution in [0.5, 0.6) is 11.5 Å². The first kappa shape index (κ1) is 26.2. The minimum absolute atomic E-state index is 0.152. The molecule has 5 heteroatoms. The Kier molecular flexibility index (Phi) is 9.03. The monoisotopic (exact) mass is 489 g/mol. The van der Waals surface area contributed by atoms with Crippen LogP contribution in [0.3, 0.4) is 0 Å². The fraction of sp³-hybridized carbons (Fsp3) is 0.419. The van der Waals surface area contributed by atoms with Crippen LogP contribution in [0, 0.1) is 0 Å². The molecule has 1 saturated heterocycles. The van der Waals surface area contributed by atoms with Crippen LogP contribution in [0.4, 0.5) is 0 Å². The largest absolute Gasteiger partial charge is 0.492 e. The number of nitrogens with zero attached hydrogens (tertiary/aromatic N) is 1. The normalized spacial score (nSPS) is 18.4. The van der Waals surface area contributed by atoms with Gasteiger partial charge in [-0.05, 0) is 74.3 Å². The SMILES string of the molecule is CCC(c1ccccc1)C(O)(c1ccc(OCCN(C)C)cc1)c1cccc(OC2CCCCO2)c1. The standard InChI is InChI=1S/C31H39NO4/c1-4-29(24-11-6-5-7-12-24)31(33,25-16-18-27(19-17-25)34-22-20-32(2)3)26-13-10-14-28(23-26)36-30-15-8-9-21-35-30/h5-7,10-14,16-19,23,29-30,33H,4,8-9,15,20-22H2,1-3H3. The van der Waals surface area contributed by atoms with E-state index in [1.54, 1.807) is 0 Å². The highest BCUT2D eigenvalue weighted by atomic mass is 16.7. The first-order chi connectivity index (χ1) is 17.5. The molecule has 1 aliphatic rings. The van der Waals surface area contributed by atoms with Gasteiger partial charge >= 0.3 is 0 Å². The van der Waals surface area contributed by atoms with Gasteiger partial charge < -0.3 is 24.2 Å². The Morgan fingerprint density at radius 2 is 1.72 bits per heavy atom. The second-order valence-electron chi connectivity index (χ2n) is 9.76. The van der Waals surface area contributed by atoms with E-state index in [-0.39, 0.29) is 12.2 Å². The minimum atomic E-state index is -1.26. The fourth-order valence-electron chi connectivity index (χ4n) is 4.94. The summed E-state index contributed by atoms with van der Waals surface area (Å²) in [5, 5.41) is 12.6. The van der Waals surface area contributed by atoms with Gasteiger partial charge in [0, 0.05) is 18.9 Å². The number of rotatable bonds is 11. The van der Waals surface area contributed by atoms with Crippen LogP contribution < -0.4 is 9.47 Å². The third-order valence-corrected chi connectivity index (χ3v) is 6.90. The maximum Gasteiger partial charge on any atom is 0.199 e. The van der Waals surface area contributed by atoms with Crippen LogP contribution >= 0.6 is 0 Å². The molecule has 3 atom stereocenters. The van der Waals surface area contributed by atoms with E-state index in [4.69, 9.17) is 14.2 Å². The van der Waals surface area contributed by atoms with Gasteiger partial charge in [0.25, 0.3) is 0 Å². The van der Waals surface area contributed by atoms with E-state index in [1.807, 2.05) is 80.8 Å². The number of hydrogen-bond acceptors (Lipinski definition) is 5. The quantitative estimate of drug-likeness (QED) is 0.360. The van der Waals surface area contributed by atoms with Crippen LogP contribution in [0.2, 0.25) is 0 Å². The lowest BCUT2D eigenvalue weighted by Crippen LogP contribution is -2.35. The lowest BCUT2D eigenvalue weighted by molar-refractivity contribution is -0.106. The molecule has 3 aromatic carbocycles. The number of aliphatic hydroxyl groups is 1. The molecule has 0 bridgehead atoms. The highest BCUT2D eigenvalue weighted by molar-refractivity contribution is 5.45. The Bertz CT molecular complexity index is 1060. The van der Waals surface area contributed by atoms with Crippen molar-refractivity contribution in [3.63, 3.8) is 0 Å². The maximum absolute atomic E-state index is 12.6. The molecule has 3 aromatic rings. The predicted molar refractivity (Wildman–Crippen MR) is 144 cm³/mol. The highest BCUT2D eigenvalue weighted by Crippen LogP contribution is 2.45. The van der Waals surface area contributed by atoms with E-state index in [0.717, 1.165) is 61.3 Å². The van der Waals surface area contributed by atoms with Crippen LogP contribution in [-0.2, 0) is 10.3 Å². The zero-order valence-corrected chi connectivity index (χ0v) is 21.7. The molecule has 1 aliphatic heterocycles. The summed E-state index contributed by atoms with van der Waals surface area (Å²) in [5.74, 6) is 1.35. The van der Waals surface area contributed by atoms with Crippen LogP contribution in [0.1, 0.15) is 55.2 Å². The lowest BCUT2D eigenvalue weighted by Gasteiger charge is -2.38. The Morgan fingerprint density at radius 1 is 0.944 bits per heavy atom. The Morgan fingerprint density at radius 3 is 2.39 bits per heavy atom. The van der Waals surface area contributed by atoms with E-state index in [9.17, 15) is 5.11 Å². The van der Waals surface area contributed by atoms with Gasteiger partial charge in [0.2, 0.25) is 0 Å². The van der Waals surface area contributed by atoms with Gasteiger partial charge in [-0.3, -0.25) is 0 Å². The average Bonchev–Trinajstić information content (AvgIpc) is 2.90. The summed E-state index contributed by atoms with van der Waals surface area (Å²) in [4.78, 5) is 2.09. The van der Waals surface area contributed by atoms with Gasteiger partial charge in [0.05, 0.1) is 6.61 Å². The van der Waals surface area contributed by atoms with Gasteiger partial charge in [-0.2, -0.15) is 0 Å². The summed E-state index contributed by atoms with van der Waals surface area (Å²) in [7, 11) is 4.05. The van der Waals surface area contributed by atoms with Gasteiger partial charge in [-0.15, -0.1) is 0 Å². The molecule has 36 heavy (non-hydrogen) atoms. The molecule has 0 saturated carbocycles. The van der Waals surface area contributed by atoms with Crippen molar-refractivity contribution >= 4 is 0 Å². The topological polar surface area (TPSA) is 51.2 Å². The van der Waals surface area contributed by atoms with Gasteiger partial charge in [-0.1, -0.05) is 61.5 Å². The molecule has 0 amide bonds. The van der Waals surface area contributed by atoms with Crippen molar-refractivity contribution in [2.75, 3.05) is 33.9 Å². The summed E-state index contributed by atoms with van der Waals surface area (Å²) < 4.78 is 17.9. The van der Waals surface area contributed by atoms with Crippen LogP contribution in [-0.4, -0.2) is 50.2 Å². The summed E-state index contributed by atoms with van der Waals surface area (Å²) >= 11 is 0. The second-order valence-corrected chi connectivity index (χ2v) is 9.76. The first-order valence-electron chi connectivity index (χ1n) is 13.0. The third kappa shape index (κ3) is 6.28. The van der Waals surface area contributed by atoms with Gasteiger partial charge in [-0.25, -0.2) is 0 Å². The molecule has 0 aliphatic carbocycles. The third-order valence-electron chi connectivity index (χ3n) is 6.90. The molecular weight excluding hydrogens is 450 g/mol. The van der Waals surface area contributed by atoms with E-state index in [0.29, 0.717) is 12.4 Å². The smallest absolute Gasteiger partial charge is 0.199 e. The summed E-state index contributed by atoms with van der Waals surface area (Å²) in [6.07, 6.45) is 3.58. The first-order valence-corrected chi connectivity index (χ1v) is 13.0. The Hall–Kier alpha value is -2.86. The predicted octanol–water partition coefficient (Wildman–Crippen LogP) is 5.96. The van der Waals surface area contributed by atoms with Crippen molar-refractivity contribution in [1.29, 1.82) is 0 Å². The van der Waals surface area contributed by atoms with Crippen molar-refractivity contribution in [3.05, 3.63) is 95.6 Å². The van der Waals surface area contributed by atoms with Crippen LogP contribution in [0.15, 0.2) is 78.9 Å². The molecule has 1 heterocycles. The summed E-state index contributed by atoms with van der Waals surface area (Å²) in [5.41, 5.74) is 1.46. The van der Waals surface area contributed by atoms with E-state index >= 15 is 0 Å². The molecule has 1 N–H and O–H groups in total. The zero-order valence-electron chi connectivity index (χ0n) is 21.7. The van der Waals surface area contributed by atoms with Crippen molar-refractivity contribution in [1.82, 2.24) is 4.90 Å². The van der Waals surface area contributed by atoms with Crippen LogP contribution in [0.25, 0.3) is 0 Å². The van der Waals surface area contributed by atoms with E-state index in [2.05, 4.69) is 24.0 Å². The van der Waals surface area contributed by atoms with Crippen molar-refractivity contribution in [3.8, 4) is 11.5 Å². The molecule has 3 unspecified atom stereocenters. The molecule has 4 rings (SSSR count). The van der Waals surface area contributed by atoms with E-state index in [1.165, 1.54) is 0 Å². The molecule has 0 aromatic heterocycles. The molecular formula is C31H39NO4. The van der Waals surface area contributed by atoms with Crippen molar-refractivity contribution in [2.24, 2.45) is 0 Å². The number of hydrogen-bond donors (Lipinski definition) is 1. The number of benzene rings is 3. The molecule has 0 spiro atoms. The van der Waals surface area contributed by atoms with Gasteiger partial charge in [0.1, 0.15) is 23.7 Å². The molecule has 5 nitrogen and oxygen atoms in total. The second kappa shape index (κ2) is 12.4. The average molecular weight is 490 g/mol. The Balaban J connectivity index is 1.69. The lowest BCUT2D eigenvalue weighted by atomic mass is 9.72. The zero-order chi connectivity index (χ0) is 25.4. The fourth-order valence-corrected chi connectivity index (χ4v) is 4.94. The van der Waals surface area contributed by atoms with Gasteiger partial charge in [0.15, 0.2) is 6.29 Å². The molecule has 1 fully saturated rings. The Labute approximate surface area is 215 Å². The molecule has 192 valence electrons. The number of likely N-dealkylation sites (N-methyl/N-ethyl adjacent to an activating group) is 1. The summed E-state index contributed by atoms with van der Waals surface area (Å²) in [6.45, 7) is 4.30. The minimum Gasteiger partial charge on any atom is -0.492 e. The number of ether oxygens (including phenoxy) is 3. The van der Waals surface area contributed by atoms with Crippen molar-refractivity contribution < 1.29 is 19.3 Å². The summed E-state index contributed by atoms with van der Waals surface area (Å²) in [6, 6.07) is 25.9. The van der Waals surface area contributed by atoms with Crippen molar-refractivity contribution in [2.45, 2.75) is 50.4 Å². The van der Waals surface area contributed by atoms with E-state index < -0.39 is 5.60 Å². The molecule has 0 radical (unpaired) electrons.